The third kappa shape index (κ3) is 2.12. The van der Waals surface area contributed by atoms with E-state index in [1.54, 1.807) is 0 Å². The van der Waals surface area contributed by atoms with E-state index in [1.165, 1.54) is 11.9 Å². The molecule has 1 saturated heterocycles. The average Bonchev–Trinajstić information content (AvgIpc) is 2.78. The number of methoxy groups -OCH3 is 1. The van der Waals surface area contributed by atoms with Crippen LogP contribution in [0.2, 0.25) is 0 Å². The fourth-order valence-corrected chi connectivity index (χ4v) is 1.43. The van der Waals surface area contributed by atoms with Gasteiger partial charge in [-0.05, 0) is 24.5 Å². The van der Waals surface area contributed by atoms with Crippen LogP contribution in [0.15, 0.2) is 0 Å². The molecule has 1 aliphatic rings. The smallest absolute Gasteiger partial charge is 0.379 e. The van der Waals surface area contributed by atoms with Gasteiger partial charge in [-0.2, -0.15) is 0 Å². The molecule has 0 saturated carbocycles. The van der Waals surface area contributed by atoms with E-state index in [-0.39, 0.29) is 12.1 Å². The quantitative estimate of drug-likeness (QED) is 0.649. The van der Waals surface area contributed by atoms with E-state index in [9.17, 15) is 4.79 Å². The number of carbonyl (C=O) groups is 1. The molecule has 0 aromatic carbocycles. The fourth-order valence-electron chi connectivity index (χ4n) is 1.43. The molecule has 0 bridgehead atoms. The molecule has 2 rings (SSSR count). The lowest BCUT2D eigenvalue weighted by Crippen LogP contribution is -2.20. The van der Waals surface area contributed by atoms with Gasteiger partial charge in [0.15, 0.2) is 6.23 Å². The van der Waals surface area contributed by atoms with Crippen LogP contribution in [-0.4, -0.2) is 39.9 Å². The van der Waals surface area contributed by atoms with E-state index in [0.29, 0.717) is 6.61 Å². The molecule has 0 amide bonds. The van der Waals surface area contributed by atoms with E-state index in [4.69, 9.17) is 4.74 Å². The van der Waals surface area contributed by atoms with Gasteiger partial charge < -0.3 is 9.47 Å². The van der Waals surface area contributed by atoms with Crippen LogP contribution in [0.4, 0.5) is 0 Å². The van der Waals surface area contributed by atoms with Crippen molar-refractivity contribution in [3.05, 3.63) is 5.82 Å². The summed E-state index contributed by atoms with van der Waals surface area (Å²) in [6.07, 6.45) is 2.76. The van der Waals surface area contributed by atoms with E-state index in [2.05, 4.69) is 20.1 Å². The number of nitrogens with zero attached hydrogens (tertiary/aromatic N) is 4. The van der Waals surface area contributed by atoms with Gasteiger partial charge in [0.2, 0.25) is 0 Å². The molecule has 1 aromatic heterocycles. The minimum Gasteiger partial charge on any atom is -0.463 e. The van der Waals surface area contributed by atoms with Crippen molar-refractivity contribution >= 4 is 5.97 Å². The Labute approximate surface area is 86.4 Å². The Morgan fingerprint density at radius 1 is 1.60 bits per heavy atom. The maximum absolute atomic E-state index is 11.1. The Morgan fingerprint density at radius 2 is 2.47 bits per heavy atom. The molecule has 0 radical (unpaired) electrons. The number of hydrogen-bond donors (Lipinski definition) is 0. The third-order valence-corrected chi connectivity index (χ3v) is 2.21. The van der Waals surface area contributed by atoms with Crippen molar-refractivity contribution in [1.82, 2.24) is 20.2 Å². The second-order valence-corrected chi connectivity index (χ2v) is 3.25. The van der Waals surface area contributed by atoms with Gasteiger partial charge in [-0.3, -0.25) is 0 Å². The molecule has 1 aromatic rings. The Kier molecular flexibility index (Phi) is 2.91. The lowest BCUT2D eigenvalue weighted by Gasteiger charge is -2.20. The summed E-state index contributed by atoms with van der Waals surface area (Å²) in [5, 5.41) is 11.2. The summed E-state index contributed by atoms with van der Waals surface area (Å²) in [6, 6.07) is 0. The maximum Gasteiger partial charge on any atom is 0.379 e. The second kappa shape index (κ2) is 4.35. The fraction of sp³-hybridized carbons (Fsp3) is 0.750. The topological polar surface area (TPSA) is 79.1 Å². The third-order valence-electron chi connectivity index (χ3n) is 2.21. The summed E-state index contributed by atoms with van der Waals surface area (Å²) in [7, 11) is 1.28. The average molecular weight is 212 g/mol. The van der Waals surface area contributed by atoms with Crippen LogP contribution in [0.3, 0.4) is 0 Å². The predicted octanol–water partition coefficient (Wildman–Crippen LogP) is 0.159. The summed E-state index contributed by atoms with van der Waals surface area (Å²) in [5.74, 6) is -0.622. The first-order valence-electron chi connectivity index (χ1n) is 4.80. The SMILES string of the molecule is COC(=O)c1nnn(C2CCCCO2)n1. The second-order valence-electron chi connectivity index (χ2n) is 3.25. The van der Waals surface area contributed by atoms with Crippen molar-refractivity contribution in [3.63, 3.8) is 0 Å². The Morgan fingerprint density at radius 3 is 3.13 bits per heavy atom. The minimum absolute atomic E-state index is 0.0355. The van der Waals surface area contributed by atoms with Crippen LogP contribution < -0.4 is 0 Å². The molecular weight excluding hydrogens is 200 g/mol. The van der Waals surface area contributed by atoms with Gasteiger partial charge >= 0.3 is 5.97 Å². The lowest BCUT2D eigenvalue weighted by atomic mass is 10.2. The molecule has 15 heavy (non-hydrogen) atoms. The highest BCUT2D eigenvalue weighted by molar-refractivity contribution is 5.84. The van der Waals surface area contributed by atoms with Crippen molar-refractivity contribution in [2.75, 3.05) is 13.7 Å². The molecule has 0 N–H and O–H groups in total. The van der Waals surface area contributed by atoms with Gasteiger partial charge in [0, 0.05) is 6.61 Å². The first kappa shape index (κ1) is 10.0. The molecule has 7 nitrogen and oxygen atoms in total. The van der Waals surface area contributed by atoms with Crippen LogP contribution in [0.25, 0.3) is 0 Å². The number of hydrogen-bond acceptors (Lipinski definition) is 6. The standard InChI is InChI=1S/C8H12N4O3/c1-14-8(13)7-9-11-12(10-7)6-4-2-3-5-15-6/h6H,2-5H2,1H3. The van der Waals surface area contributed by atoms with Gasteiger partial charge in [0.25, 0.3) is 5.82 Å². The molecule has 1 fully saturated rings. The lowest BCUT2D eigenvalue weighted by molar-refractivity contribution is -0.0490. The molecule has 1 aliphatic heterocycles. The van der Waals surface area contributed by atoms with Crippen molar-refractivity contribution in [3.8, 4) is 0 Å². The van der Waals surface area contributed by atoms with Crippen molar-refractivity contribution < 1.29 is 14.3 Å². The zero-order chi connectivity index (χ0) is 10.7. The Bertz CT molecular complexity index is 345. The van der Waals surface area contributed by atoms with Gasteiger partial charge in [-0.15, -0.1) is 15.0 Å². The van der Waals surface area contributed by atoms with Gasteiger partial charge in [-0.1, -0.05) is 0 Å². The predicted molar refractivity (Wildman–Crippen MR) is 48.0 cm³/mol. The molecule has 1 atom stereocenters. The number of aromatic nitrogens is 4. The zero-order valence-electron chi connectivity index (χ0n) is 8.42. The molecule has 7 heteroatoms. The monoisotopic (exact) mass is 212 g/mol. The summed E-state index contributed by atoms with van der Waals surface area (Å²) < 4.78 is 9.92. The molecular formula is C8H12N4O3. The highest BCUT2D eigenvalue weighted by Gasteiger charge is 2.20. The molecule has 2 heterocycles. The van der Waals surface area contributed by atoms with Crippen LogP contribution in [0.5, 0.6) is 0 Å². The summed E-state index contributed by atoms with van der Waals surface area (Å²) >= 11 is 0. The first-order chi connectivity index (χ1) is 7.31. The van der Waals surface area contributed by atoms with Crippen LogP contribution in [0, 0.1) is 0 Å². The molecule has 0 spiro atoms. The van der Waals surface area contributed by atoms with E-state index in [1.807, 2.05) is 0 Å². The molecule has 1 unspecified atom stereocenters. The number of carbonyl (C=O) groups excluding carboxylic acids is 1. The highest BCUT2D eigenvalue weighted by Crippen LogP contribution is 2.20. The van der Waals surface area contributed by atoms with Gasteiger partial charge in [-0.25, -0.2) is 4.79 Å². The zero-order valence-corrected chi connectivity index (χ0v) is 8.42. The summed E-state index contributed by atoms with van der Waals surface area (Å²) in [5.41, 5.74) is 0. The van der Waals surface area contributed by atoms with Crippen molar-refractivity contribution in [1.29, 1.82) is 0 Å². The molecule has 82 valence electrons. The number of rotatable bonds is 2. The van der Waals surface area contributed by atoms with Crippen molar-refractivity contribution in [2.45, 2.75) is 25.5 Å². The molecule has 0 aliphatic carbocycles. The van der Waals surface area contributed by atoms with Gasteiger partial charge in [0.05, 0.1) is 7.11 Å². The summed E-state index contributed by atoms with van der Waals surface area (Å²) in [4.78, 5) is 12.4. The van der Waals surface area contributed by atoms with E-state index < -0.39 is 5.97 Å². The largest absolute Gasteiger partial charge is 0.463 e. The van der Waals surface area contributed by atoms with Crippen LogP contribution >= 0.6 is 0 Å². The van der Waals surface area contributed by atoms with Crippen LogP contribution in [-0.2, 0) is 9.47 Å². The number of ether oxygens (including phenoxy) is 2. The van der Waals surface area contributed by atoms with Crippen molar-refractivity contribution in [2.24, 2.45) is 0 Å². The first-order valence-corrected chi connectivity index (χ1v) is 4.80. The minimum atomic E-state index is -0.586. The van der Waals surface area contributed by atoms with Crippen LogP contribution in [0.1, 0.15) is 36.1 Å². The number of tetrazole rings is 1. The highest BCUT2D eigenvalue weighted by atomic mass is 16.5. The van der Waals surface area contributed by atoms with Gasteiger partial charge in [0.1, 0.15) is 0 Å². The Hall–Kier alpha value is -1.50. The van der Waals surface area contributed by atoms with E-state index in [0.717, 1.165) is 19.3 Å². The summed E-state index contributed by atoms with van der Waals surface area (Å²) in [6.45, 7) is 0.694. The maximum atomic E-state index is 11.1. The Balaban J connectivity index is 2.08. The van der Waals surface area contributed by atoms with E-state index >= 15 is 0 Å². The number of esters is 1. The normalized spacial score (nSPS) is 21.3.